The molecule has 1 heterocycles. The Morgan fingerprint density at radius 3 is 2.80 bits per heavy atom. The second kappa shape index (κ2) is 6.33. The zero-order valence-corrected chi connectivity index (χ0v) is 11.8. The number of benzene rings is 1. The van der Waals surface area contributed by atoms with E-state index in [0.29, 0.717) is 6.61 Å². The molecule has 0 amide bonds. The van der Waals surface area contributed by atoms with Crippen LogP contribution in [0.1, 0.15) is 12.0 Å². The van der Waals surface area contributed by atoms with Crippen LogP contribution in [-0.2, 0) is 20.9 Å². The SMILES string of the molecule is COC[C@@H]1CC(F)(C(=O)OCc2ccccc2)CN1C. The minimum atomic E-state index is -1.94. The van der Waals surface area contributed by atoms with Crippen LogP contribution in [0.4, 0.5) is 4.39 Å². The number of rotatable bonds is 5. The first-order chi connectivity index (χ1) is 9.55. The molecule has 0 N–H and O–H groups in total. The first kappa shape index (κ1) is 14.9. The number of ether oxygens (including phenoxy) is 2. The molecule has 1 saturated heterocycles. The molecule has 0 radical (unpaired) electrons. The maximum Gasteiger partial charge on any atom is 0.345 e. The molecule has 0 saturated carbocycles. The Morgan fingerprint density at radius 2 is 2.15 bits per heavy atom. The predicted molar refractivity (Wildman–Crippen MR) is 73.0 cm³/mol. The number of hydrogen-bond donors (Lipinski definition) is 0. The van der Waals surface area contributed by atoms with Crippen molar-refractivity contribution in [3.63, 3.8) is 0 Å². The normalized spacial score (nSPS) is 26.6. The third-order valence-corrected chi connectivity index (χ3v) is 3.62. The minimum absolute atomic E-state index is 0.0502. The summed E-state index contributed by atoms with van der Waals surface area (Å²) in [6, 6.07) is 9.18. The molecule has 1 aromatic carbocycles. The van der Waals surface area contributed by atoms with Gasteiger partial charge < -0.3 is 9.47 Å². The summed E-state index contributed by atoms with van der Waals surface area (Å²) in [5, 5.41) is 0. The molecule has 0 bridgehead atoms. The van der Waals surface area contributed by atoms with Crippen molar-refractivity contribution in [1.82, 2.24) is 4.90 Å². The third kappa shape index (κ3) is 3.35. The monoisotopic (exact) mass is 281 g/mol. The number of esters is 1. The van der Waals surface area contributed by atoms with Gasteiger partial charge in [0.15, 0.2) is 0 Å². The van der Waals surface area contributed by atoms with Gasteiger partial charge in [-0.2, -0.15) is 0 Å². The molecule has 1 unspecified atom stereocenters. The lowest BCUT2D eigenvalue weighted by molar-refractivity contribution is -0.158. The van der Waals surface area contributed by atoms with Crippen molar-refractivity contribution in [2.45, 2.75) is 24.7 Å². The van der Waals surface area contributed by atoms with Crippen molar-refractivity contribution >= 4 is 5.97 Å². The van der Waals surface area contributed by atoms with Gasteiger partial charge in [0.1, 0.15) is 6.61 Å². The fourth-order valence-electron chi connectivity index (χ4n) is 2.50. The average molecular weight is 281 g/mol. The number of likely N-dealkylation sites (N-methyl/N-ethyl adjacent to an activating group) is 1. The second-order valence-electron chi connectivity index (χ2n) is 5.26. The second-order valence-corrected chi connectivity index (χ2v) is 5.26. The van der Waals surface area contributed by atoms with Gasteiger partial charge in [0, 0.05) is 26.1 Å². The first-order valence-electron chi connectivity index (χ1n) is 6.64. The van der Waals surface area contributed by atoms with Gasteiger partial charge in [-0.1, -0.05) is 30.3 Å². The zero-order valence-electron chi connectivity index (χ0n) is 11.8. The van der Waals surface area contributed by atoms with Crippen LogP contribution in [0, 0.1) is 0 Å². The van der Waals surface area contributed by atoms with Gasteiger partial charge in [0.05, 0.1) is 6.61 Å². The maximum absolute atomic E-state index is 14.7. The topological polar surface area (TPSA) is 38.8 Å². The number of methoxy groups -OCH3 is 1. The van der Waals surface area contributed by atoms with E-state index in [1.807, 2.05) is 30.3 Å². The molecule has 0 aromatic heterocycles. The molecule has 20 heavy (non-hydrogen) atoms. The molecule has 1 aromatic rings. The number of likely N-dealkylation sites (tertiary alicyclic amines) is 1. The lowest BCUT2D eigenvalue weighted by Gasteiger charge is -2.17. The van der Waals surface area contributed by atoms with Gasteiger partial charge in [0.2, 0.25) is 5.67 Å². The van der Waals surface area contributed by atoms with E-state index < -0.39 is 11.6 Å². The van der Waals surface area contributed by atoms with E-state index in [4.69, 9.17) is 9.47 Å². The third-order valence-electron chi connectivity index (χ3n) is 3.62. The van der Waals surface area contributed by atoms with E-state index in [1.54, 1.807) is 19.1 Å². The molecule has 1 fully saturated rings. The lowest BCUT2D eigenvalue weighted by Crippen LogP contribution is -2.37. The van der Waals surface area contributed by atoms with Gasteiger partial charge in [-0.3, -0.25) is 4.90 Å². The highest BCUT2D eigenvalue weighted by Gasteiger charge is 2.50. The fourth-order valence-corrected chi connectivity index (χ4v) is 2.50. The van der Waals surface area contributed by atoms with Crippen LogP contribution >= 0.6 is 0 Å². The predicted octanol–water partition coefficient (Wildman–Crippen LogP) is 1.79. The molecule has 4 nitrogen and oxygen atoms in total. The molecule has 5 heteroatoms. The smallest absolute Gasteiger partial charge is 0.345 e. The van der Waals surface area contributed by atoms with Crippen molar-refractivity contribution in [2.75, 3.05) is 27.3 Å². The summed E-state index contributed by atoms with van der Waals surface area (Å²) in [6.45, 7) is 0.562. The van der Waals surface area contributed by atoms with Crippen LogP contribution in [0.15, 0.2) is 30.3 Å². The van der Waals surface area contributed by atoms with Crippen LogP contribution in [0.3, 0.4) is 0 Å². The van der Waals surface area contributed by atoms with E-state index in [1.165, 1.54) is 0 Å². The Kier molecular flexibility index (Phi) is 4.73. The Morgan fingerprint density at radius 1 is 1.45 bits per heavy atom. The molecule has 110 valence electrons. The molecule has 2 atom stereocenters. The number of carbonyl (C=O) groups excluding carboxylic acids is 1. The van der Waals surface area contributed by atoms with Gasteiger partial charge >= 0.3 is 5.97 Å². The van der Waals surface area contributed by atoms with Crippen LogP contribution in [0.25, 0.3) is 0 Å². The minimum Gasteiger partial charge on any atom is -0.458 e. The Hall–Kier alpha value is -1.46. The van der Waals surface area contributed by atoms with Gasteiger partial charge in [-0.25, -0.2) is 9.18 Å². The fraction of sp³-hybridized carbons (Fsp3) is 0.533. The van der Waals surface area contributed by atoms with Crippen molar-refractivity contribution in [2.24, 2.45) is 0 Å². The van der Waals surface area contributed by atoms with Crippen molar-refractivity contribution < 1.29 is 18.7 Å². The van der Waals surface area contributed by atoms with E-state index in [0.717, 1.165) is 5.56 Å². The number of nitrogens with zero attached hydrogens (tertiary/aromatic N) is 1. The summed E-state index contributed by atoms with van der Waals surface area (Å²) in [7, 11) is 3.36. The number of hydrogen-bond acceptors (Lipinski definition) is 4. The largest absolute Gasteiger partial charge is 0.458 e. The van der Waals surface area contributed by atoms with Crippen molar-refractivity contribution in [3.8, 4) is 0 Å². The standard InChI is InChI=1S/C15H20FNO3/c1-17-11-15(16,8-13(17)10-19-2)14(18)20-9-12-6-4-3-5-7-12/h3-7,13H,8-11H2,1-2H3/t13-,15?/m0/s1. The number of halogens is 1. The molecular formula is C15H20FNO3. The summed E-state index contributed by atoms with van der Waals surface area (Å²) >= 11 is 0. The van der Waals surface area contributed by atoms with Gasteiger partial charge in [-0.15, -0.1) is 0 Å². The Bertz CT molecular complexity index is 454. The highest BCUT2D eigenvalue weighted by atomic mass is 19.1. The summed E-state index contributed by atoms with van der Waals surface area (Å²) in [5.74, 6) is -0.785. The zero-order chi connectivity index (χ0) is 14.6. The summed E-state index contributed by atoms with van der Waals surface area (Å²) in [5.41, 5.74) is -1.09. The van der Waals surface area contributed by atoms with E-state index in [2.05, 4.69) is 0 Å². The number of carbonyl (C=O) groups is 1. The van der Waals surface area contributed by atoms with Crippen molar-refractivity contribution in [3.05, 3.63) is 35.9 Å². The molecule has 0 spiro atoms. The molecular weight excluding hydrogens is 261 g/mol. The highest BCUT2D eigenvalue weighted by Crippen LogP contribution is 2.31. The maximum atomic E-state index is 14.7. The molecule has 1 aliphatic heterocycles. The number of alkyl halides is 1. The Labute approximate surface area is 118 Å². The van der Waals surface area contributed by atoms with Crippen LogP contribution in [-0.4, -0.2) is 49.9 Å². The van der Waals surface area contributed by atoms with Gasteiger partial charge in [-0.05, 0) is 12.6 Å². The van der Waals surface area contributed by atoms with E-state index in [-0.39, 0.29) is 25.6 Å². The van der Waals surface area contributed by atoms with Crippen LogP contribution in [0.2, 0.25) is 0 Å². The molecule has 2 rings (SSSR count). The first-order valence-corrected chi connectivity index (χ1v) is 6.64. The van der Waals surface area contributed by atoms with Crippen molar-refractivity contribution in [1.29, 1.82) is 0 Å². The van der Waals surface area contributed by atoms with Crippen LogP contribution < -0.4 is 0 Å². The highest BCUT2D eigenvalue weighted by molar-refractivity contribution is 5.80. The van der Waals surface area contributed by atoms with Gasteiger partial charge in [0.25, 0.3) is 0 Å². The molecule has 1 aliphatic rings. The average Bonchev–Trinajstić information content (AvgIpc) is 2.74. The Balaban J connectivity index is 1.92. The van der Waals surface area contributed by atoms with E-state index in [9.17, 15) is 9.18 Å². The molecule has 0 aliphatic carbocycles. The van der Waals surface area contributed by atoms with E-state index >= 15 is 0 Å². The van der Waals surface area contributed by atoms with Crippen LogP contribution in [0.5, 0.6) is 0 Å². The summed E-state index contributed by atoms with van der Waals surface area (Å²) in [6.07, 6.45) is 0.116. The summed E-state index contributed by atoms with van der Waals surface area (Å²) in [4.78, 5) is 13.8. The summed E-state index contributed by atoms with van der Waals surface area (Å²) < 4.78 is 24.8. The lowest BCUT2D eigenvalue weighted by atomic mass is 10.0. The quantitative estimate of drug-likeness (QED) is 0.771.